The summed E-state index contributed by atoms with van der Waals surface area (Å²) in [6, 6.07) is -0.610. The summed E-state index contributed by atoms with van der Waals surface area (Å²) in [4.78, 5) is 45.6. The van der Waals surface area contributed by atoms with Crippen LogP contribution in [0.4, 0.5) is 0 Å². The number of alkyl halides is 1. The minimum absolute atomic E-state index is 0.0204. The number of esters is 1. The molecule has 7 nitrogen and oxygen atoms in total. The Morgan fingerprint density at radius 2 is 2.03 bits per heavy atom. The van der Waals surface area contributed by atoms with Crippen molar-refractivity contribution >= 4 is 45.5 Å². The Morgan fingerprint density at radius 3 is 2.68 bits per heavy atom. The molecule has 3 heterocycles. The highest BCUT2D eigenvalue weighted by atomic mass is 79.9. The predicted octanol–water partition coefficient (Wildman–Crippen LogP) is 4.72. The van der Waals surface area contributed by atoms with Crippen molar-refractivity contribution in [3.63, 3.8) is 0 Å². The third-order valence-corrected chi connectivity index (χ3v) is 11.5. The Balaban J connectivity index is 1.92. The summed E-state index contributed by atoms with van der Waals surface area (Å²) in [7, 11) is 0. The average molecular weight is 614 g/mol. The van der Waals surface area contributed by atoms with E-state index in [1.165, 1.54) is 0 Å². The van der Waals surface area contributed by atoms with Crippen LogP contribution < -0.4 is 0 Å². The van der Waals surface area contributed by atoms with Gasteiger partial charge in [0.1, 0.15) is 6.04 Å². The Hall–Kier alpha value is -1.32. The van der Waals surface area contributed by atoms with Crippen LogP contribution in [0, 0.1) is 11.8 Å². The molecular weight excluding hydrogens is 568 g/mol. The van der Waals surface area contributed by atoms with E-state index in [1.54, 1.807) is 22.7 Å². The number of rotatable bonds is 17. The standard InChI is InChI=1S/C29H45BrN2O5S/c1-5-8-9-13-18-37-28(36)22-23-26(34)32(16-11-10-12-17-33)25(29(23)19-21(30)24(22)38-29)27(35)31(15-7-3)20(4)14-6-2/h5,7,20-25,33H,1,3,6,8-19H2,2,4H3/t20?,21?,22-,23-,24-,25?,29?/m0/s1. The van der Waals surface area contributed by atoms with E-state index in [0.29, 0.717) is 39.0 Å². The van der Waals surface area contributed by atoms with Crippen molar-refractivity contribution in [2.45, 2.75) is 98.5 Å². The summed E-state index contributed by atoms with van der Waals surface area (Å²) in [5.41, 5.74) is 0. The molecule has 3 aliphatic rings. The second-order valence-electron chi connectivity index (χ2n) is 10.8. The molecule has 0 saturated carbocycles. The number of hydrogen-bond donors (Lipinski definition) is 1. The van der Waals surface area contributed by atoms with Gasteiger partial charge in [0.15, 0.2) is 0 Å². The van der Waals surface area contributed by atoms with Gasteiger partial charge >= 0.3 is 5.97 Å². The number of nitrogens with zero attached hydrogens (tertiary/aromatic N) is 2. The Labute approximate surface area is 240 Å². The zero-order chi connectivity index (χ0) is 27.9. The Bertz CT molecular complexity index is 872. The van der Waals surface area contributed by atoms with Crippen molar-refractivity contribution in [1.29, 1.82) is 0 Å². The molecule has 1 N–H and O–H groups in total. The van der Waals surface area contributed by atoms with Crippen LogP contribution in [-0.2, 0) is 19.1 Å². The second kappa shape index (κ2) is 14.4. The first kappa shape index (κ1) is 31.2. The number of ether oxygens (including phenoxy) is 1. The molecule has 3 saturated heterocycles. The molecule has 7 atom stereocenters. The number of carbonyl (C=O) groups excluding carboxylic acids is 3. The van der Waals surface area contributed by atoms with Crippen molar-refractivity contribution in [2.24, 2.45) is 11.8 Å². The molecule has 2 bridgehead atoms. The predicted molar refractivity (Wildman–Crippen MR) is 156 cm³/mol. The third-order valence-electron chi connectivity index (χ3n) is 8.25. The van der Waals surface area contributed by atoms with E-state index in [9.17, 15) is 19.5 Å². The van der Waals surface area contributed by atoms with E-state index in [4.69, 9.17) is 4.74 Å². The minimum atomic E-state index is -0.665. The number of hydrogen-bond acceptors (Lipinski definition) is 6. The van der Waals surface area contributed by atoms with E-state index in [-0.39, 0.29) is 40.5 Å². The minimum Gasteiger partial charge on any atom is -0.465 e. The maximum Gasteiger partial charge on any atom is 0.310 e. The Morgan fingerprint density at radius 1 is 1.26 bits per heavy atom. The highest BCUT2D eigenvalue weighted by Crippen LogP contribution is 2.68. The topological polar surface area (TPSA) is 87.1 Å². The molecule has 3 aliphatic heterocycles. The molecule has 38 heavy (non-hydrogen) atoms. The molecule has 2 amide bonds. The summed E-state index contributed by atoms with van der Waals surface area (Å²) in [5.74, 6) is -1.59. The van der Waals surface area contributed by atoms with E-state index in [0.717, 1.165) is 38.5 Å². The van der Waals surface area contributed by atoms with Gasteiger partial charge in [0.2, 0.25) is 11.8 Å². The SMILES string of the molecule is C=CCCCCOC(=O)[C@H]1[C@H]2C(=O)N(CCCCCO)C(C(=O)N(CC=C)C(C)CCC)C23CC(Br)[C@@H]1S3. The molecule has 1 spiro atoms. The van der Waals surface area contributed by atoms with Gasteiger partial charge in [-0.2, -0.15) is 0 Å². The number of likely N-dealkylation sites (tertiary alicyclic amines) is 1. The third kappa shape index (κ3) is 6.20. The van der Waals surface area contributed by atoms with Gasteiger partial charge in [-0.15, -0.1) is 24.9 Å². The van der Waals surface area contributed by atoms with Crippen molar-refractivity contribution in [3.8, 4) is 0 Å². The Kier molecular flexibility index (Phi) is 11.8. The van der Waals surface area contributed by atoms with Gasteiger partial charge in [0.25, 0.3) is 0 Å². The molecule has 0 aliphatic carbocycles. The number of aliphatic hydroxyl groups is 1. The fourth-order valence-corrected chi connectivity index (χ4v) is 10.1. The number of fused-ring (bicyclic) bond motifs is 1. The largest absolute Gasteiger partial charge is 0.465 e. The highest BCUT2D eigenvalue weighted by molar-refractivity contribution is 9.09. The second-order valence-corrected chi connectivity index (χ2v) is 13.6. The molecule has 214 valence electrons. The van der Waals surface area contributed by atoms with Gasteiger partial charge in [-0.1, -0.05) is 41.4 Å². The van der Waals surface area contributed by atoms with Crippen LogP contribution in [0.1, 0.15) is 71.6 Å². The quantitative estimate of drug-likeness (QED) is 0.111. The zero-order valence-corrected chi connectivity index (χ0v) is 25.4. The molecule has 0 aromatic heterocycles. The molecule has 0 aromatic carbocycles. The first-order valence-corrected chi connectivity index (χ1v) is 16.0. The van der Waals surface area contributed by atoms with Crippen molar-refractivity contribution in [3.05, 3.63) is 25.3 Å². The number of aliphatic hydroxyl groups excluding tert-OH is 1. The van der Waals surface area contributed by atoms with E-state index in [1.807, 2.05) is 11.0 Å². The van der Waals surface area contributed by atoms with Crippen molar-refractivity contribution in [1.82, 2.24) is 9.80 Å². The van der Waals surface area contributed by atoms with Crippen LogP contribution in [0.5, 0.6) is 0 Å². The lowest BCUT2D eigenvalue weighted by Gasteiger charge is -2.39. The molecule has 0 aromatic rings. The van der Waals surface area contributed by atoms with Crippen molar-refractivity contribution in [2.75, 3.05) is 26.3 Å². The monoisotopic (exact) mass is 612 g/mol. The fourth-order valence-electron chi connectivity index (χ4n) is 6.51. The zero-order valence-electron chi connectivity index (χ0n) is 23.0. The lowest BCUT2D eigenvalue weighted by Crippen LogP contribution is -2.57. The van der Waals surface area contributed by atoms with E-state index < -0.39 is 22.6 Å². The van der Waals surface area contributed by atoms with Crippen LogP contribution in [0.25, 0.3) is 0 Å². The fraction of sp³-hybridized carbons (Fsp3) is 0.759. The lowest BCUT2D eigenvalue weighted by molar-refractivity contribution is -0.154. The molecular formula is C29H45BrN2O5S. The highest BCUT2D eigenvalue weighted by Gasteiger charge is 2.76. The number of allylic oxidation sites excluding steroid dienone is 1. The number of amides is 2. The smallest absolute Gasteiger partial charge is 0.310 e. The summed E-state index contributed by atoms with van der Waals surface area (Å²) < 4.78 is 5.05. The average Bonchev–Trinajstić information content (AvgIpc) is 3.48. The van der Waals surface area contributed by atoms with Crippen LogP contribution in [0.2, 0.25) is 0 Å². The van der Waals surface area contributed by atoms with Gasteiger partial charge in [-0.3, -0.25) is 14.4 Å². The van der Waals surface area contributed by atoms with Crippen LogP contribution >= 0.6 is 27.7 Å². The molecule has 0 radical (unpaired) electrons. The summed E-state index contributed by atoms with van der Waals surface area (Å²) >= 11 is 5.46. The van der Waals surface area contributed by atoms with Crippen molar-refractivity contribution < 1.29 is 24.2 Å². The normalized spacial score (nSPS) is 30.3. The number of thioether (sulfide) groups is 1. The van der Waals surface area contributed by atoms with Gasteiger partial charge in [0.05, 0.1) is 23.2 Å². The first-order chi connectivity index (χ1) is 18.3. The summed E-state index contributed by atoms with van der Waals surface area (Å²) in [6.45, 7) is 13.1. The van der Waals surface area contributed by atoms with Gasteiger partial charge in [-0.25, -0.2) is 0 Å². The van der Waals surface area contributed by atoms with Gasteiger partial charge in [-0.05, 0) is 58.3 Å². The van der Waals surface area contributed by atoms with Gasteiger partial charge < -0.3 is 19.6 Å². The molecule has 9 heteroatoms. The summed E-state index contributed by atoms with van der Waals surface area (Å²) in [5, 5.41) is 9.14. The van der Waals surface area contributed by atoms with E-state index >= 15 is 0 Å². The summed E-state index contributed by atoms with van der Waals surface area (Å²) in [6.07, 6.45) is 10.8. The van der Waals surface area contributed by atoms with Gasteiger partial charge in [0, 0.05) is 35.8 Å². The molecule has 3 rings (SSSR count). The van der Waals surface area contributed by atoms with Crippen LogP contribution in [0.3, 0.4) is 0 Å². The number of unbranched alkanes of at least 4 members (excludes halogenated alkanes) is 4. The van der Waals surface area contributed by atoms with Crippen LogP contribution in [-0.4, -0.2) is 85.9 Å². The van der Waals surface area contributed by atoms with Crippen LogP contribution in [0.15, 0.2) is 25.3 Å². The number of halogens is 1. The van der Waals surface area contributed by atoms with E-state index in [2.05, 4.69) is 42.9 Å². The maximum absolute atomic E-state index is 14.4. The number of carbonyl (C=O) groups is 3. The lowest BCUT2D eigenvalue weighted by atomic mass is 9.71. The first-order valence-electron chi connectivity index (χ1n) is 14.2. The molecule has 3 fully saturated rings. The maximum atomic E-state index is 14.4. The molecule has 4 unspecified atom stereocenters.